The molecule has 34 heavy (non-hydrogen) atoms. The van der Waals surface area contributed by atoms with Crippen LogP contribution < -0.4 is 15.2 Å². The SMILES string of the molecule is CCOc1cc(OCCOC(=O)CN(C)C)cc2c1C(=O)N(C(N)(CCSC)C(=O)O)S2(=O)=O. The molecule has 1 amide bonds. The summed E-state index contributed by atoms with van der Waals surface area (Å²) in [5.41, 5.74) is 3.19. The zero-order valence-corrected chi connectivity index (χ0v) is 21.0. The van der Waals surface area contributed by atoms with Gasteiger partial charge in [-0.2, -0.15) is 11.8 Å². The molecule has 12 nitrogen and oxygen atoms in total. The number of carboxylic acids is 1. The minimum Gasteiger partial charge on any atom is -0.493 e. The van der Waals surface area contributed by atoms with Crippen LogP contribution in [0.25, 0.3) is 0 Å². The van der Waals surface area contributed by atoms with Crippen LogP contribution in [0.5, 0.6) is 11.5 Å². The highest BCUT2D eigenvalue weighted by atomic mass is 32.2. The van der Waals surface area contributed by atoms with Crippen LogP contribution in [0.15, 0.2) is 17.0 Å². The maximum Gasteiger partial charge on any atom is 0.345 e. The summed E-state index contributed by atoms with van der Waals surface area (Å²) >= 11 is 1.26. The molecule has 0 radical (unpaired) electrons. The van der Waals surface area contributed by atoms with Gasteiger partial charge in [-0.05, 0) is 33.0 Å². The van der Waals surface area contributed by atoms with Gasteiger partial charge in [-0.3, -0.25) is 20.2 Å². The van der Waals surface area contributed by atoms with E-state index in [1.807, 2.05) is 0 Å². The third-order valence-electron chi connectivity index (χ3n) is 4.74. The normalized spacial score (nSPS) is 16.2. The van der Waals surface area contributed by atoms with Crippen molar-refractivity contribution < 1.29 is 42.1 Å². The van der Waals surface area contributed by atoms with E-state index in [-0.39, 0.29) is 59.9 Å². The molecule has 1 unspecified atom stereocenters. The standard InChI is InChI=1S/C20H29N3O9S2/c1-5-30-14-10-13(31-7-8-32-16(24)12-22(2)3)11-15-17(14)18(25)23(34(15,28)29)20(21,19(26)27)6-9-33-4/h10-11H,5-9,12,21H2,1-4H3,(H,26,27). The average Bonchev–Trinajstić information content (AvgIpc) is 2.94. The van der Waals surface area contributed by atoms with E-state index in [0.717, 1.165) is 6.07 Å². The summed E-state index contributed by atoms with van der Waals surface area (Å²) < 4.78 is 42.8. The number of fused-ring (bicyclic) bond motifs is 1. The third kappa shape index (κ3) is 5.74. The van der Waals surface area contributed by atoms with Gasteiger partial charge >= 0.3 is 11.9 Å². The second-order valence-electron chi connectivity index (χ2n) is 7.58. The van der Waals surface area contributed by atoms with Gasteiger partial charge < -0.3 is 19.3 Å². The molecule has 0 bridgehead atoms. The number of benzene rings is 1. The van der Waals surface area contributed by atoms with Crippen LogP contribution in [-0.2, 0) is 24.3 Å². The monoisotopic (exact) mass is 519 g/mol. The Morgan fingerprint density at radius 2 is 1.91 bits per heavy atom. The van der Waals surface area contributed by atoms with Crippen LogP contribution in [0.4, 0.5) is 0 Å². The number of esters is 1. The summed E-state index contributed by atoms with van der Waals surface area (Å²) in [7, 11) is -1.21. The number of likely N-dealkylation sites (N-methyl/N-ethyl adjacent to an activating group) is 1. The predicted octanol–water partition coefficient (Wildman–Crippen LogP) is 0.206. The summed E-state index contributed by atoms with van der Waals surface area (Å²) in [6.45, 7) is 1.64. The van der Waals surface area contributed by atoms with E-state index < -0.39 is 38.4 Å². The number of hydrogen-bond acceptors (Lipinski definition) is 11. The van der Waals surface area contributed by atoms with Gasteiger partial charge in [0.15, 0.2) is 0 Å². The van der Waals surface area contributed by atoms with E-state index in [9.17, 15) is 27.9 Å². The van der Waals surface area contributed by atoms with Crippen LogP contribution in [0.1, 0.15) is 23.7 Å². The summed E-state index contributed by atoms with van der Waals surface area (Å²) in [5.74, 6) is -3.05. The van der Waals surface area contributed by atoms with Crippen molar-refractivity contribution in [3.8, 4) is 11.5 Å². The summed E-state index contributed by atoms with van der Waals surface area (Å²) in [4.78, 5) is 37.9. The number of nitrogens with zero attached hydrogens (tertiary/aromatic N) is 2. The first-order valence-corrected chi connectivity index (χ1v) is 13.1. The molecule has 1 atom stereocenters. The van der Waals surface area contributed by atoms with Crippen LogP contribution in [-0.4, -0.2) is 98.7 Å². The molecule has 0 aromatic heterocycles. The highest BCUT2D eigenvalue weighted by Gasteiger charge is 2.56. The van der Waals surface area contributed by atoms with Gasteiger partial charge in [-0.25, -0.2) is 17.5 Å². The van der Waals surface area contributed by atoms with Crippen LogP contribution in [0.2, 0.25) is 0 Å². The Labute approximate surface area is 202 Å². The number of amides is 1. The molecule has 2 rings (SSSR count). The Morgan fingerprint density at radius 1 is 1.24 bits per heavy atom. The van der Waals surface area contributed by atoms with Gasteiger partial charge in [0, 0.05) is 18.6 Å². The number of nitrogens with two attached hydrogens (primary N) is 1. The van der Waals surface area contributed by atoms with E-state index in [1.54, 1.807) is 32.2 Å². The first-order chi connectivity index (χ1) is 15.9. The molecular weight excluding hydrogens is 490 g/mol. The predicted molar refractivity (Wildman–Crippen MR) is 124 cm³/mol. The Balaban J connectivity index is 2.38. The summed E-state index contributed by atoms with van der Waals surface area (Å²) in [5, 5.41) is 9.73. The van der Waals surface area contributed by atoms with Gasteiger partial charge in [-0.1, -0.05) is 0 Å². The number of rotatable bonds is 13. The first-order valence-electron chi connectivity index (χ1n) is 10.2. The molecule has 190 valence electrons. The molecule has 0 aliphatic carbocycles. The second-order valence-corrected chi connectivity index (χ2v) is 10.3. The lowest BCUT2D eigenvalue weighted by Crippen LogP contribution is -2.63. The molecule has 0 spiro atoms. The number of carbonyl (C=O) groups excluding carboxylic acids is 2. The average molecular weight is 520 g/mol. The number of hydrogen-bond donors (Lipinski definition) is 2. The van der Waals surface area contributed by atoms with Crippen molar-refractivity contribution in [3.05, 3.63) is 17.7 Å². The number of sulfonamides is 1. The summed E-state index contributed by atoms with van der Waals surface area (Å²) in [6.07, 6.45) is 1.40. The highest BCUT2D eigenvalue weighted by Crippen LogP contribution is 2.42. The van der Waals surface area contributed by atoms with Crippen molar-refractivity contribution in [1.29, 1.82) is 0 Å². The number of aliphatic carboxylic acids is 1. The van der Waals surface area contributed by atoms with E-state index in [2.05, 4.69) is 0 Å². The minimum atomic E-state index is -4.63. The molecular formula is C20H29N3O9S2. The number of carbonyl (C=O) groups is 3. The van der Waals surface area contributed by atoms with Crippen molar-refractivity contribution in [2.75, 3.05) is 52.5 Å². The Bertz CT molecular complexity index is 1050. The topological polar surface area (TPSA) is 166 Å². The van der Waals surface area contributed by atoms with E-state index >= 15 is 0 Å². The second kappa shape index (κ2) is 11.3. The fraction of sp³-hybridized carbons (Fsp3) is 0.550. The molecule has 14 heteroatoms. The van der Waals surface area contributed by atoms with Crippen LogP contribution in [0.3, 0.4) is 0 Å². The molecule has 3 N–H and O–H groups in total. The lowest BCUT2D eigenvalue weighted by atomic mass is 10.1. The fourth-order valence-corrected chi connectivity index (χ4v) is 5.54. The van der Waals surface area contributed by atoms with E-state index in [4.69, 9.17) is 19.9 Å². The van der Waals surface area contributed by atoms with Gasteiger partial charge in [-0.15, -0.1) is 0 Å². The van der Waals surface area contributed by atoms with Crippen LogP contribution >= 0.6 is 11.8 Å². The molecule has 1 aromatic carbocycles. The van der Waals surface area contributed by atoms with Gasteiger partial charge in [0.25, 0.3) is 15.9 Å². The molecule has 0 fully saturated rings. The number of carboxylic acid groups (broad SMARTS) is 1. The lowest BCUT2D eigenvalue weighted by molar-refractivity contribution is -0.147. The first kappa shape index (κ1) is 27.7. The minimum absolute atomic E-state index is 0.0335. The van der Waals surface area contributed by atoms with Crippen molar-refractivity contribution in [2.45, 2.75) is 23.9 Å². The molecule has 0 saturated carbocycles. The van der Waals surface area contributed by atoms with Crippen molar-refractivity contribution in [3.63, 3.8) is 0 Å². The van der Waals surface area contributed by atoms with Gasteiger partial charge in [0.1, 0.15) is 35.2 Å². The lowest BCUT2D eigenvalue weighted by Gasteiger charge is -2.32. The quantitative estimate of drug-likeness (QED) is 0.269. The Hall–Kier alpha value is -2.55. The van der Waals surface area contributed by atoms with E-state index in [0.29, 0.717) is 0 Å². The Morgan fingerprint density at radius 3 is 2.47 bits per heavy atom. The third-order valence-corrected chi connectivity index (χ3v) is 7.20. The smallest absolute Gasteiger partial charge is 0.345 e. The number of thioether (sulfide) groups is 1. The number of ether oxygens (including phenoxy) is 3. The molecule has 0 saturated heterocycles. The van der Waals surface area contributed by atoms with Crippen molar-refractivity contribution >= 4 is 39.6 Å². The van der Waals surface area contributed by atoms with Crippen molar-refractivity contribution in [1.82, 2.24) is 9.21 Å². The molecule has 1 heterocycles. The van der Waals surface area contributed by atoms with E-state index in [1.165, 1.54) is 17.8 Å². The largest absolute Gasteiger partial charge is 0.493 e. The zero-order chi connectivity index (χ0) is 25.7. The maximum absolute atomic E-state index is 13.3. The molecule has 1 aromatic rings. The highest BCUT2D eigenvalue weighted by molar-refractivity contribution is 7.98. The zero-order valence-electron chi connectivity index (χ0n) is 19.4. The van der Waals surface area contributed by atoms with Gasteiger partial charge in [0.05, 0.1) is 13.2 Å². The summed E-state index contributed by atoms with van der Waals surface area (Å²) in [6, 6.07) is 2.42. The Kier molecular flexibility index (Phi) is 9.16. The fourth-order valence-electron chi connectivity index (χ4n) is 3.21. The molecule has 1 aliphatic rings. The molecule has 1 aliphatic heterocycles. The van der Waals surface area contributed by atoms with Crippen LogP contribution in [0, 0.1) is 0 Å². The van der Waals surface area contributed by atoms with Crippen molar-refractivity contribution in [2.24, 2.45) is 5.73 Å². The maximum atomic E-state index is 13.3. The van der Waals surface area contributed by atoms with Gasteiger partial charge in [0.2, 0.25) is 5.66 Å².